The largest absolute Gasteiger partial charge is 0.447 e. The van der Waals surface area contributed by atoms with Crippen molar-refractivity contribution < 1.29 is 4.74 Å². The number of pyridine rings is 1. The highest BCUT2D eigenvalue weighted by atomic mass is 16.6. The van der Waals surface area contributed by atoms with Crippen molar-refractivity contribution >= 4 is 17.6 Å². The summed E-state index contributed by atoms with van der Waals surface area (Å²) in [6.07, 6.45) is 1.74. The van der Waals surface area contributed by atoms with Crippen molar-refractivity contribution in [2.75, 3.05) is 5.32 Å². The van der Waals surface area contributed by atoms with E-state index in [0.717, 1.165) is 34.3 Å². The molecule has 0 radical (unpaired) electrons. The van der Waals surface area contributed by atoms with E-state index in [0.29, 0.717) is 0 Å². The molecule has 0 bridgehead atoms. The lowest BCUT2D eigenvalue weighted by molar-refractivity contribution is 0.651. The number of ether oxygens (including phenoxy) is 1. The lowest BCUT2D eigenvalue weighted by Crippen LogP contribution is -1.95. The van der Waals surface area contributed by atoms with Crippen molar-refractivity contribution in [3.05, 3.63) is 48.2 Å². The maximum atomic E-state index is 5.32. The fraction of sp³-hybridized carbons (Fsp3) is 0.0714. The average Bonchev–Trinajstić information content (AvgIpc) is 3.08. The van der Waals surface area contributed by atoms with E-state index < -0.39 is 0 Å². The number of hydrogen-bond acceptors (Lipinski definition) is 3. The molecule has 1 aromatic carbocycles. The number of anilines is 2. The van der Waals surface area contributed by atoms with Gasteiger partial charge in [0, 0.05) is 0 Å². The zero-order chi connectivity index (χ0) is 11.8. The lowest BCUT2D eigenvalue weighted by Gasteiger charge is -2.06. The number of aromatic nitrogens is 1. The molecule has 1 aliphatic rings. The van der Waals surface area contributed by atoms with Gasteiger partial charge in [-0.15, -0.1) is 0 Å². The summed E-state index contributed by atoms with van der Waals surface area (Å²) in [7, 11) is 0. The highest BCUT2D eigenvalue weighted by molar-refractivity contribution is 5.75. The number of rotatable bonds is 3. The van der Waals surface area contributed by atoms with Crippen LogP contribution in [0.25, 0.3) is 6.08 Å². The lowest BCUT2D eigenvalue weighted by atomic mass is 10.2. The Morgan fingerprint density at radius 2 is 2.24 bits per heavy atom. The molecule has 1 N–H and O–H groups in total. The molecule has 0 spiro atoms. The van der Waals surface area contributed by atoms with Crippen molar-refractivity contribution in [3.63, 3.8) is 0 Å². The van der Waals surface area contributed by atoms with Crippen LogP contribution in [-0.2, 0) is 0 Å². The van der Waals surface area contributed by atoms with E-state index in [1.165, 1.54) is 0 Å². The second kappa shape index (κ2) is 3.63. The van der Waals surface area contributed by atoms with E-state index in [-0.39, 0.29) is 0 Å². The smallest absolute Gasteiger partial charge is 0.193 e. The van der Waals surface area contributed by atoms with Crippen LogP contribution < -0.4 is 10.1 Å². The van der Waals surface area contributed by atoms with Crippen LogP contribution in [-0.4, -0.2) is 4.98 Å². The summed E-state index contributed by atoms with van der Waals surface area (Å²) in [5, 5.41) is 3.26. The molecule has 3 nitrogen and oxygen atoms in total. The molecule has 2 heterocycles. The Morgan fingerprint density at radius 3 is 3.06 bits per heavy atom. The molecule has 84 valence electrons. The summed E-state index contributed by atoms with van der Waals surface area (Å²) in [6.45, 7) is 5.77. The maximum Gasteiger partial charge on any atom is 0.193 e. The van der Waals surface area contributed by atoms with Gasteiger partial charge in [-0.1, -0.05) is 12.6 Å². The molecule has 0 fully saturated rings. The summed E-state index contributed by atoms with van der Waals surface area (Å²) < 4.78 is 5.32. The first kappa shape index (κ1) is 9.90. The zero-order valence-electron chi connectivity index (χ0n) is 9.53. The van der Waals surface area contributed by atoms with Crippen LogP contribution in [0.3, 0.4) is 0 Å². The molecule has 2 aromatic rings. The van der Waals surface area contributed by atoms with Gasteiger partial charge in [0.05, 0.1) is 11.4 Å². The van der Waals surface area contributed by atoms with Crippen LogP contribution >= 0.6 is 0 Å². The van der Waals surface area contributed by atoms with Gasteiger partial charge < -0.3 is 10.1 Å². The van der Waals surface area contributed by atoms with Crippen molar-refractivity contribution in [3.8, 4) is 11.5 Å². The van der Waals surface area contributed by atoms with Crippen molar-refractivity contribution in [1.29, 1.82) is 0 Å². The molecule has 0 atom stereocenters. The Kier molecular flexibility index (Phi) is 2.11. The summed E-state index contributed by atoms with van der Waals surface area (Å²) in [6, 6.07) is 9.86. The van der Waals surface area contributed by atoms with Gasteiger partial charge in [0.1, 0.15) is 5.82 Å². The molecule has 17 heavy (non-hydrogen) atoms. The standard InChI is InChI=1S/C14H12N2O/c1-3-10-7-9(2)8-13(15-10)16-11-5-4-6-12-14(11)17-12/h3-8H,1H2,2H3,(H,15,16). The third-order valence-electron chi connectivity index (χ3n) is 2.61. The van der Waals surface area contributed by atoms with Gasteiger partial charge in [-0.3, -0.25) is 0 Å². The second-order valence-electron chi connectivity index (χ2n) is 4.02. The maximum absolute atomic E-state index is 5.32. The van der Waals surface area contributed by atoms with Crippen LogP contribution in [0.5, 0.6) is 11.5 Å². The van der Waals surface area contributed by atoms with Crippen LogP contribution in [0, 0.1) is 6.92 Å². The summed E-state index contributed by atoms with van der Waals surface area (Å²) in [4.78, 5) is 4.43. The number of nitrogens with zero attached hydrogens (tertiary/aromatic N) is 1. The monoisotopic (exact) mass is 224 g/mol. The minimum atomic E-state index is 0.809. The molecule has 0 saturated carbocycles. The molecule has 1 aromatic heterocycles. The Balaban J connectivity index is 1.93. The number of para-hydroxylation sites is 1. The summed E-state index contributed by atoms with van der Waals surface area (Å²) in [5.74, 6) is 2.66. The Hall–Kier alpha value is -2.29. The summed E-state index contributed by atoms with van der Waals surface area (Å²) in [5.41, 5.74) is 2.97. The van der Waals surface area contributed by atoms with Gasteiger partial charge in [-0.2, -0.15) is 0 Å². The van der Waals surface area contributed by atoms with E-state index in [1.54, 1.807) is 6.08 Å². The van der Waals surface area contributed by atoms with Gasteiger partial charge >= 0.3 is 0 Å². The Labute approximate surface area is 99.8 Å². The first-order valence-electron chi connectivity index (χ1n) is 5.45. The molecular formula is C14H12N2O. The molecular weight excluding hydrogens is 212 g/mol. The zero-order valence-corrected chi connectivity index (χ0v) is 9.53. The van der Waals surface area contributed by atoms with E-state index in [1.807, 2.05) is 37.3 Å². The first-order valence-corrected chi connectivity index (χ1v) is 5.45. The molecule has 0 unspecified atom stereocenters. The third-order valence-corrected chi connectivity index (χ3v) is 2.61. The van der Waals surface area contributed by atoms with Crippen molar-refractivity contribution in [2.45, 2.75) is 6.92 Å². The van der Waals surface area contributed by atoms with E-state index in [4.69, 9.17) is 4.74 Å². The fourth-order valence-corrected chi connectivity index (χ4v) is 1.79. The van der Waals surface area contributed by atoms with Gasteiger partial charge in [0.2, 0.25) is 0 Å². The van der Waals surface area contributed by atoms with E-state index in [9.17, 15) is 0 Å². The van der Waals surface area contributed by atoms with E-state index >= 15 is 0 Å². The van der Waals surface area contributed by atoms with Gasteiger partial charge in [0.25, 0.3) is 0 Å². The van der Waals surface area contributed by atoms with Crippen LogP contribution in [0.1, 0.15) is 11.3 Å². The summed E-state index contributed by atoms with van der Waals surface area (Å²) >= 11 is 0. The molecule has 3 rings (SSSR count). The molecule has 0 amide bonds. The Morgan fingerprint density at radius 1 is 1.35 bits per heavy atom. The van der Waals surface area contributed by atoms with Gasteiger partial charge in [0.15, 0.2) is 11.5 Å². The number of benzene rings is 1. The third kappa shape index (κ3) is 1.87. The first-order chi connectivity index (χ1) is 8.26. The Bertz CT molecular complexity index is 605. The van der Waals surface area contributed by atoms with Crippen LogP contribution in [0.15, 0.2) is 36.9 Å². The number of nitrogens with one attached hydrogen (secondary N) is 1. The van der Waals surface area contributed by atoms with Crippen LogP contribution in [0.2, 0.25) is 0 Å². The molecule has 3 heteroatoms. The minimum absolute atomic E-state index is 0.809. The number of aryl methyl sites for hydroxylation is 1. The molecule has 1 aliphatic heterocycles. The molecule has 0 saturated heterocycles. The predicted octanol–water partition coefficient (Wildman–Crippen LogP) is 3.88. The SMILES string of the molecule is C=Cc1cc(C)cc(Nc2cccc3c2O3)n1. The van der Waals surface area contributed by atoms with Crippen molar-refractivity contribution in [1.82, 2.24) is 4.98 Å². The topological polar surface area (TPSA) is 37.5 Å². The highest BCUT2D eigenvalue weighted by Gasteiger charge is 2.23. The quantitative estimate of drug-likeness (QED) is 0.686. The average molecular weight is 224 g/mol. The highest BCUT2D eigenvalue weighted by Crippen LogP contribution is 2.51. The predicted molar refractivity (Wildman–Crippen MR) is 68.9 cm³/mol. The molecule has 0 aliphatic carbocycles. The van der Waals surface area contributed by atoms with Crippen LogP contribution in [0.4, 0.5) is 11.5 Å². The van der Waals surface area contributed by atoms with Gasteiger partial charge in [-0.05, 0) is 42.8 Å². The minimum Gasteiger partial charge on any atom is -0.447 e. The number of hydrogen-bond donors (Lipinski definition) is 1. The fourth-order valence-electron chi connectivity index (χ4n) is 1.79. The van der Waals surface area contributed by atoms with E-state index in [2.05, 4.69) is 16.9 Å². The second-order valence-corrected chi connectivity index (χ2v) is 4.02. The van der Waals surface area contributed by atoms with Gasteiger partial charge in [-0.25, -0.2) is 4.98 Å². The normalized spacial score (nSPS) is 11.4. The van der Waals surface area contributed by atoms with Crippen molar-refractivity contribution in [2.24, 2.45) is 0 Å². The number of fused-ring (bicyclic) bond motifs is 1.